The Labute approximate surface area is 85.3 Å². The molecular weight excluding hydrogens is 174 g/mol. The van der Waals surface area contributed by atoms with Gasteiger partial charge >= 0.3 is 0 Å². The van der Waals surface area contributed by atoms with Gasteiger partial charge in [-0.25, -0.2) is 5.90 Å². The van der Waals surface area contributed by atoms with Crippen LogP contribution < -0.4 is 5.90 Å². The molecule has 2 N–H and O–H groups in total. The molecule has 0 heterocycles. The maximum Gasteiger partial charge on any atom is 0.0864 e. The molecular formula is C12H17NO. The summed E-state index contributed by atoms with van der Waals surface area (Å²) in [6, 6.07) is 8.49. The summed E-state index contributed by atoms with van der Waals surface area (Å²) in [5.41, 5.74) is 2.53. The van der Waals surface area contributed by atoms with Crippen LogP contribution in [-0.4, -0.2) is 6.61 Å². The molecule has 76 valence electrons. The Morgan fingerprint density at radius 2 is 1.93 bits per heavy atom. The lowest BCUT2D eigenvalue weighted by Gasteiger charge is -2.04. The second kappa shape index (κ2) is 5.58. The minimum atomic E-state index is 0.450. The number of nitrogens with two attached hydrogens (primary N) is 1. The molecule has 1 aromatic carbocycles. The lowest BCUT2D eigenvalue weighted by molar-refractivity contribution is 0.168. The first-order valence-electron chi connectivity index (χ1n) is 4.82. The van der Waals surface area contributed by atoms with Crippen LogP contribution in [0.1, 0.15) is 30.9 Å². The van der Waals surface area contributed by atoms with Crippen molar-refractivity contribution in [2.75, 3.05) is 6.61 Å². The number of hydrogen-bond donors (Lipinski definition) is 1. The molecule has 2 heteroatoms. The first-order chi connectivity index (χ1) is 6.74. The molecule has 0 aliphatic rings. The fourth-order valence-electron chi connectivity index (χ4n) is 1.23. The highest BCUT2D eigenvalue weighted by Gasteiger charge is 1.96. The van der Waals surface area contributed by atoms with Gasteiger partial charge in [0.05, 0.1) is 6.61 Å². The molecule has 0 radical (unpaired) electrons. The fraction of sp³-hybridized carbons (Fsp3) is 0.333. The van der Waals surface area contributed by atoms with Crippen molar-refractivity contribution in [1.29, 1.82) is 0 Å². The molecule has 1 aromatic rings. The van der Waals surface area contributed by atoms with Gasteiger partial charge in [0.25, 0.3) is 0 Å². The molecule has 14 heavy (non-hydrogen) atoms. The molecule has 0 unspecified atom stereocenters. The summed E-state index contributed by atoms with van der Waals surface area (Å²) >= 11 is 0. The summed E-state index contributed by atoms with van der Waals surface area (Å²) < 4.78 is 0. The largest absolute Gasteiger partial charge is 0.300 e. The van der Waals surface area contributed by atoms with E-state index in [-0.39, 0.29) is 0 Å². The van der Waals surface area contributed by atoms with Gasteiger partial charge in [-0.05, 0) is 17.0 Å². The Kier molecular flexibility index (Phi) is 4.36. The van der Waals surface area contributed by atoms with Gasteiger partial charge in [0.15, 0.2) is 0 Å². The third-order valence-corrected chi connectivity index (χ3v) is 2.11. The zero-order valence-electron chi connectivity index (χ0n) is 8.73. The number of hydrogen-bond acceptors (Lipinski definition) is 2. The molecule has 0 fully saturated rings. The normalized spacial score (nSPS) is 11.4. The fourth-order valence-corrected chi connectivity index (χ4v) is 1.23. The predicted molar refractivity (Wildman–Crippen MR) is 59.7 cm³/mol. The Balaban J connectivity index is 2.64. The highest BCUT2D eigenvalue weighted by Crippen LogP contribution is 2.15. The lowest BCUT2D eigenvalue weighted by Crippen LogP contribution is -1.96. The van der Waals surface area contributed by atoms with Crippen LogP contribution in [0.3, 0.4) is 0 Å². The standard InChI is InChI=1S/C12H17NO/c1-10(2)12-7-5-11(6-8-12)4-3-9-14-13/h3-8,10H,9,13H2,1-2H3/b4-3+. The molecule has 2 nitrogen and oxygen atoms in total. The third-order valence-electron chi connectivity index (χ3n) is 2.11. The summed E-state index contributed by atoms with van der Waals surface area (Å²) in [7, 11) is 0. The second-order valence-corrected chi connectivity index (χ2v) is 3.56. The van der Waals surface area contributed by atoms with Gasteiger partial charge in [-0.15, -0.1) is 0 Å². The Morgan fingerprint density at radius 3 is 2.43 bits per heavy atom. The zero-order chi connectivity index (χ0) is 10.4. The van der Waals surface area contributed by atoms with E-state index in [0.29, 0.717) is 12.5 Å². The maximum absolute atomic E-state index is 4.91. The first kappa shape index (κ1) is 11.0. The van der Waals surface area contributed by atoms with Gasteiger partial charge in [-0.1, -0.05) is 50.3 Å². The van der Waals surface area contributed by atoms with Crippen molar-refractivity contribution in [2.24, 2.45) is 5.90 Å². The molecule has 0 spiro atoms. The van der Waals surface area contributed by atoms with E-state index in [1.165, 1.54) is 11.1 Å². The van der Waals surface area contributed by atoms with Crippen molar-refractivity contribution >= 4 is 6.08 Å². The molecule has 0 aliphatic heterocycles. The van der Waals surface area contributed by atoms with Crippen LogP contribution in [0.2, 0.25) is 0 Å². The average Bonchev–Trinajstić information content (AvgIpc) is 2.19. The SMILES string of the molecule is CC(C)c1ccc(/C=C/CON)cc1. The predicted octanol–water partition coefficient (Wildman–Crippen LogP) is 2.71. The zero-order valence-corrected chi connectivity index (χ0v) is 8.73. The van der Waals surface area contributed by atoms with Gasteiger partial charge in [-0.2, -0.15) is 0 Å². The van der Waals surface area contributed by atoms with Gasteiger partial charge in [-0.3, -0.25) is 0 Å². The highest BCUT2D eigenvalue weighted by atomic mass is 16.6. The van der Waals surface area contributed by atoms with Crippen molar-refractivity contribution < 1.29 is 4.84 Å². The van der Waals surface area contributed by atoms with Crippen molar-refractivity contribution in [3.63, 3.8) is 0 Å². The molecule has 0 aromatic heterocycles. The Bertz CT molecular complexity index is 288. The Hall–Kier alpha value is -1.12. The van der Waals surface area contributed by atoms with Gasteiger partial charge in [0, 0.05) is 0 Å². The topological polar surface area (TPSA) is 35.2 Å². The van der Waals surface area contributed by atoms with Crippen LogP contribution in [0.5, 0.6) is 0 Å². The smallest absolute Gasteiger partial charge is 0.0864 e. The first-order valence-corrected chi connectivity index (χ1v) is 4.82. The second-order valence-electron chi connectivity index (χ2n) is 3.56. The molecule has 0 bridgehead atoms. The maximum atomic E-state index is 4.91. The van der Waals surface area contributed by atoms with Crippen LogP contribution in [0.15, 0.2) is 30.3 Å². The van der Waals surface area contributed by atoms with E-state index in [1.54, 1.807) is 0 Å². The summed E-state index contributed by atoms with van der Waals surface area (Å²) in [4.78, 5) is 4.44. The molecule has 0 aliphatic carbocycles. The van der Waals surface area contributed by atoms with Crippen LogP contribution in [-0.2, 0) is 4.84 Å². The summed E-state index contributed by atoms with van der Waals surface area (Å²) in [5.74, 6) is 5.49. The van der Waals surface area contributed by atoms with E-state index in [0.717, 1.165) is 0 Å². The minimum absolute atomic E-state index is 0.450. The van der Waals surface area contributed by atoms with E-state index in [2.05, 4.69) is 43.0 Å². The van der Waals surface area contributed by atoms with Crippen LogP contribution >= 0.6 is 0 Å². The van der Waals surface area contributed by atoms with Crippen molar-refractivity contribution in [3.05, 3.63) is 41.5 Å². The molecule has 0 amide bonds. The summed E-state index contributed by atoms with van der Waals surface area (Å²) in [6.07, 6.45) is 3.89. The monoisotopic (exact) mass is 191 g/mol. The molecule has 1 rings (SSSR count). The van der Waals surface area contributed by atoms with Crippen molar-refractivity contribution in [3.8, 4) is 0 Å². The lowest BCUT2D eigenvalue weighted by atomic mass is 10.0. The summed E-state index contributed by atoms with van der Waals surface area (Å²) in [6.45, 7) is 4.83. The van der Waals surface area contributed by atoms with Gasteiger partial charge in [0.2, 0.25) is 0 Å². The van der Waals surface area contributed by atoms with Crippen LogP contribution in [0.25, 0.3) is 6.08 Å². The minimum Gasteiger partial charge on any atom is -0.300 e. The van der Waals surface area contributed by atoms with Gasteiger partial charge in [0.1, 0.15) is 0 Å². The van der Waals surface area contributed by atoms with Gasteiger partial charge < -0.3 is 4.84 Å². The van der Waals surface area contributed by atoms with Crippen LogP contribution in [0.4, 0.5) is 0 Å². The van der Waals surface area contributed by atoms with E-state index in [1.807, 2.05) is 12.2 Å². The Morgan fingerprint density at radius 1 is 1.29 bits per heavy atom. The molecule has 0 atom stereocenters. The third kappa shape index (κ3) is 3.32. The molecule has 0 saturated heterocycles. The van der Waals surface area contributed by atoms with E-state index in [9.17, 15) is 0 Å². The van der Waals surface area contributed by atoms with Crippen molar-refractivity contribution in [2.45, 2.75) is 19.8 Å². The number of benzene rings is 1. The summed E-state index contributed by atoms with van der Waals surface area (Å²) in [5, 5.41) is 0. The van der Waals surface area contributed by atoms with Crippen LogP contribution in [0, 0.1) is 0 Å². The molecule has 0 saturated carbocycles. The average molecular weight is 191 g/mol. The highest BCUT2D eigenvalue weighted by molar-refractivity contribution is 5.49. The van der Waals surface area contributed by atoms with Crippen molar-refractivity contribution in [1.82, 2.24) is 0 Å². The quantitative estimate of drug-likeness (QED) is 0.743. The number of rotatable bonds is 4. The van der Waals surface area contributed by atoms with E-state index in [4.69, 9.17) is 5.90 Å². The van der Waals surface area contributed by atoms with E-state index < -0.39 is 0 Å². The van der Waals surface area contributed by atoms with E-state index >= 15 is 0 Å².